The highest BCUT2D eigenvalue weighted by molar-refractivity contribution is 9.10. The third-order valence-corrected chi connectivity index (χ3v) is 5.35. The van der Waals surface area contributed by atoms with E-state index in [9.17, 15) is 14.0 Å². The van der Waals surface area contributed by atoms with Crippen LogP contribution in [-0.2, 0) is 4.79 Å². The van der Waals surface area contributed by atoms with Gasteiger partial charge in [-0.3, -0.25) is 14.5 Å². The van der Waals surface area contributed by atoms with E-state index in [1.165, 1.54) is 18.2 Å². The summed E-state index contributed by atoms with van der Waals surface area (Å²) < 4.78 is 14.0. The number of rotatable bonds is 4. The molecule has 0 atom stereocenters. The molecular formula is C19H18BrClFN3O2. The second-order valence-electron chi connectivity index (χ2n) is 6.22. The van der Waals surface area contributed by atoms with Gasteiger partial charge in [-0.1, -0.05) is 23.7 Å². The first-order valence-electron chi connectivity index (χ1n) is 8.45. The molecule has 3 rings (SSSR count). The van der Waals surface area contributed by atoms with Crippen molar-refractivity contribution in [3.63, 3.8) is 0 Å². The first-order valence-corrected chi connectivity index (χ1v) is 9.62. The van der Waals surface area contributed by atoms with E-state index in [-0.39, 0.29) is 18.4 Å². The van der Waals surface area contributed by atoms with Crippen LogP contribution in [0.4, 0.5) is 10.1 Å². The molecule has 0 radical (unpaired) electrons. The lowest BCUT2D eigenvalue weighted by molar-refractivity contribution is -0.117. The zero-order valence-electron chi connectivity index (χ0n) is 14.4. The van der Waals surface area contributed by atoms with Crippen LogP contribution >= 0.6 is 27.5 Å². The van der Waals surface area contributed by atoms with Gasteiger partial charge in [0.25, 0.3) is 5.91 Å². The quantitative estimate of drug-likeness (QED) is 0.767. The maximum absolute atomic E-state index is 13.4. The monoisotopic (exact) mass is 453 g/mol. The van der Waals surface area contributed by atoms with Crippen LogP contribution in [0.3, 0.4) is 0 Å². The molecule has 0 spiro atoms. The number of nitrogens with zero attached hydrogens (tertiary/aromatic N) is 2. The van der Waals surface area contributed by atoms with Crippen LogP contribution in [0.15, 0.2) is 46.9 Å². The van der Waals surface area contributed by atoms with Crippen LogP contribution in [0.1, 0.15) is 10.4 Å². The zero-order chi connectivity index (χ0) is 19.4. The number of halogens is 3. The summed E-state index contributed by atoms with van der Waals surface area (Å²) in [4.78, 5) is 28.4. The molecule has 1 fully saturated rings. The maximum Gasteiger partial charge on any atom is 0.255 e. The fraction of sp³-hybridized carbons (Fsp3) is 0.263. The van der Waals surface area contributed by atoms with E-state index in [1.54, 1.807) is 29.2 Å². The Hall–Kier alpha value is -1.96. The molecule has 0 bridgehead atoms. The number of amides is 2. The summed E-state index contributed by atoms with van der Waals surface area (Å²) in [6.45, 7) is 2.29. The van der Waals surface area contributed by atoms with Crippen molar-refractivity contribution >= 4 is 45.0 Å². The Morgan fingerprint density at radius 1 is 1.11 bits per heavy atom. The second-order valence-corrected chi connectivity index (χ2v) is 7.48. The highest BCUT2D eigenvalue weighted by Crippen LogP contribution is 2.21. The molecule has 0 aliphatic carbocycles. The lowest BCUT2D eigenvalue weighted by atomic mass is 10.1. The van der Waals surface area contributed by atoms with Crippen molar-refractivity contribution in [3.8, 4) is 0 Å². The first-order chi connectivity index (χ1) is 12.9. The van der Waals surface area contributed by atoms with Crippen molar-refractivity contribution in [2.24, 2.45) is 0 Å². The predicted octanol–water partition coefficient (Wildman–Crippen LogP) is 3.64. The van der Waals surface area contributed by atoms with Crippen LogP contribution in [0.25, 0.3) is 0 Å². The number of benzene rings is 2. The fourth-order valence-electron chi connectivity index (χ4n) is 2.90. The number of hydrogen-bond acceptors (Lipinski definition) is 3. The number of piperazine rings is 1. The predicted molar refractivity (Wildman–Crippen MR) is 107 cm³/mol. The molecule has 142 valence electrons. The van der Waals surface area contributed by atoms with E-state index in [0.717, 1.165) is 0 Å². The summed E-state index contributed by atoms with van der Waals surface area (Å²) in [5.74, 6) is -0.825. The summed E-state index contributed by atoms with van der Waals surface area (Å²) in [5, 5.41) is 3.28. The van der Waals surface area contributed by atoms with Gasteiger partial charge < -0.3 is 10.2 Å². The van der Waals surface area contributed by atoms with E-state index in [1.807, 2.05) is 4.90 Å². The molecule has 1 aliphatic rings. The lowest BCUT2D eigenvalue weighted by Gasteiger charge is -2.34. The van der Waals surface area contributed by atoms with Crippen molar-refractivity contribution in [2.45, 2.75) is 0 Å². The third-order valence-electron chi connectivity index (χ3n) is 4.33. The third kappa shape index (κ3) is 5.06. The molecule has 0 aromatic heterocycles. The number of anilines is 1. The van der Waals surface area contributed by atoms with E-state index >= 15 is 0 Å². The topological polar surface area (TPSA) is 52.7 Å². The molecule has 1 heterocycles. The average molecular weight is 455 g/mol. The van der Waals surface area contributed by atoms with Crippen molar-refractivity contribution in [2.75, 3.05) is 38.0 Å². The Bertz CT molecular complexity index is 857. The minimum atomic E-state index is -0.448. The maximum atomic E-state index is 13.4. The zero-order valence-corrected chi connectivity index (χ0v) is 16.8. The molecule has 2 aromatic rings. The number of nitrogens with one attached hydrogen (secondary N) is 1. The molecule has 1 saturated heterocycles. The molecule has 2 aromatic carbocycles. The first kappa shape index (κ1) is 19.8. The van der Waals surface area contributed by atoms with Gasteiger partial charge in [-0.05, 0) is 46.3 Å². The fourth-order valence-corrected chi connectivity index (χ4v) is 3.50. The van der Waals surface area contributed by atoms with Gasteiger partial charge in [0, 0.05) is 30.7 Å². The van der Waals surface area contributed by atoms with Crippen LogP contribution in [0.5, 0.6) is 0 Å². The Morgan fingerprint density at radius 3 is 2.52 bits per heavy atom. The minimum Gasteiger partial charge on any atom is -0.336 e. The Morgan fingerprint density at radius 2 is 1.81 bits per heavy atom. The lowest BCUT2D eigenvalue weighted by Crippen LogP contribution is -2.50. The van der Waals surface area contributed by atoms with Crippen molar-refractivity contribution in [1.29, 1.82) is 0 Å². The van der Waals surface area contributed by atoms with E-state index < -0.39 is 5.82 Å². The molecule has 5 nitrogen and oxygen atoms in total. The molecule has 27 heavy (non-hydrogen) atoms. The average Bonchev–Trinajstić information content (AvgIpc) is 2.65. The van der Waals surface area contributed by atoms with Gasteiger partial charge in [0.05, 0.1) is 22.8 Å². The number of para-hydroxylation sites is 1. The van der Waals surface area contributed by atoms with E-state index in [0.29, 0.717) is 46.9 Å². The Balaban J connectivity index is 1.53. The largest absolute Gasteiger partial charge is 0.336 e. The molecule has 0 saturated carbocycles. The van der Waals surface area contributed by atoms with Crippen LogP contribution in [-0.4, -0.2) is 54.3 Å². The second kappa shape index (κ2) is 8.82. The van der Waals surface area contributed by atoms with Crippen LogP contribution in [0.2, 0.25) is 5.02 Å². The van der Waals surface area contributed by atoms with Crippen LogP contribution < -0.4 is 5.32 Å². The summed E-state index contributed by atoms with van der Waals surface area (Å²) in [6.07, 6.45) is 0. The van der Waals surface area contributed by atoms with E-state index in [4.69, 9.17) is 11.6 Å². The minimum absolute atomic E-state index is 0.157. The molecular weight excluding hydrogens is 437 g/mol. The van der Waals surface area contributed by atoms with Crippen molar-refractivity contribution in [1.82, 2.24) is 9.80 Å². The molecule has 8 heteroatoms. The highest BCUT2D eigenvalue weighted by Gasteiger charge is 2.24. The summed E-state index contributed by atoms with van der Waals surface area (Å²) >= 11 is 9.34. The molecule has 1 aliphatic heterocycles. The number of carbonyl (C=O) groups is 2. The Labute approximate surface area is 170 Å². The number of hydrogen-bond donors (Lipinski definition) is 1. The molecule has 2 amide bonds. The van der Waals surface area contributed by atoms with Gasteiger partial charge in [-0.25, -0.2) is 4.39 Å². The van der Waals surface area contributed by atoms with Crippen LogP contribution in [0, 0.1) is 5.82 Å². The smallest absolute Gasteiger partial charge is 0.255 e. The SMILES string of the molecule is O=C(CN1CCN(C(=O)c2cc(F)ccc2Br)CC1)Nc1ccccc1Cl. The van der Waals surface area contributed by atoms with Gasteiger partial charge >= 0.3 is 0 Å². The number of carbonyl (C=O) groups excluding carboxylic acids is 2. The summed E-state index contributed by atoms with van der Waals surface area (Å²) in [7, 11) is 0. The highest BCUT2D eigenvalue weighted by atomic mass is 79.9. The van der Waals surface area contributed by atoms with Gasteiger partial charge in [-0.2, -0.15) is 0 Å². The van der Waals surface area contributed by atoms with Crippen molar-refractivity contribution in [3.05, 3.63) is 63.3 Å². The van der Waals surface area contributed by atoms with Crippen molar-refractivity contribution < 1.29 is 14.0 Å². The molecule has 0 unspecified atom stereocenters. The van der Waals surface area contributed by atoms with Gasteiger partial charge in [-0.15, -0.1) is 0 Å². The van der Waals surface area contributed by atoms with Gasteiger partial charge in [0.2, 0.25) is 5.91 Å². The summed E-state index contributed by atoms with van der Waals surface area (Å²) in [5.41, 5.74) is 0.883. The molecule has 1 N–H and O–H groups in total. The standard InChI is InChI=1S/C19H18BrClFN3O2/c20-15-6-5-13(22)11-14(15)19(27)25-9-7-24(8-10-25)12-18(26)23-17-4-2-1-3-16(17)21/h1-6,11H,7-10,12H2,(H,23,26). The summed E-state index contributed by atoms with van der Waals surface area (Å²) in [6, 6.07) is 11.1. The van der Waals surface area contributed by atoms with Gasteiger partial charge in [0.1, 0.15) is 5.82 Å². The van der Waals surface area contributed by atoms with Gasteiger partial charge in [0.15, 0.2) is 0 Å². The normalized spacial score (nSPS) is 14.9. The Kier molecular flexibility index (Phi) is 6.46. The van der Waals surface area contributed by atoms with E-state index in [2.05, 4.69) is 21.2 Å².